The van der Waals surface area contributed by atoms with Gasteiger partial charge >= 0.3 is 0 Å². The highest BCUT2D eigenvalue weighted by Gasteiger charge is 2.06. The van der Waals surface area contributed by atoms with Gasteiger partial charge in [-0.25, -0.2) is 0 Å². The maximum Gasteiger partial charge on any atom is 0.162 e. The summed E-state index contributed by atoms with van der Waals surface area (Å²) in [6.07, 6.45) is 2.33. The SMILES string of the molecule is COc1cccc(CNCCCCN(C)C(C)C)c1O. The number of nitrogens with one attached hydrogen (secondary N) is 1. The topological polar surface area (TPSA) is 44.7 Å². The molecule has 20 heavy (non-hydrogen) atoms. The molecule has 4 nitrogen and oxygen atoms in total. The average molecular weight is 280 g/mol. The van der Waals surface area contributed by atoms with E-state index >= 15 is 0 Å². The summed E-state index contributed by atoms with van der Waals surface area (Å²) < 4.78 is 5.10. The molecule has 0 aliphatic rings. The highest BCUT2D eigenvalue weighted by atomic mass is 16.5. The zero-order valence-electron chi connectivity index (χ0n) is 13.1. The number of nitrogens with zero attached hydrogens (tertiary/aromatic N) is 1. The summed E-state index contributed by atoms with van der Waals surface area (Å²) in [5, 5.41) is 13.3. The molecule has 1 aromatic rings. The Morgan fingerprint density at radius 2 is 2.05 bits per heavy atom. The third kappa shape index (κ3) is 5.39. The fourth-order valence-electron chi connectivity index (χ4n) is 1.97. The maximum atomic E-state index is 9.95. The Labute approximate surface area is 122 Å². The van der Waals surface area contributed by atoms with Gasteiger partial charge in [0.05, 0.1) is 7.11 Å². The van der Waals surface area contributed by atoms with E-state index in [0.29, 0.717) is 18.3 Å². The van der Waals surface area contributed by atoms with E-state index in [9.17, 15) is 5.11 Å². The fraction of sp³-hybridized carbons (Fsp3) is 0.625. The van der Waals surface area contributed by atoms with Gasteiger partial charge in [-0.1, -0.05) is 12.1 Å². The van der Waals surface area contributed by atoms with Gasteiger partial charge < -0.3 is 20.1 Å². The van der Waals surface area contributed by atoms with E-state index in [-0.39, 0.29) is 5.75 Å². The Hall–Kier alpha value is -1.26. The number of phenolic OH excluding ortho intramolecular Hbond substituents is 1. The van der Waals surface area contributed by atoms with E-state index < -0.39 is 0 Å². The molecular formula is C16H28N2O2. The van der Waals surface area contributed by atoms with Crippen molar-refractivity contribution < 1.29 is 9.84 Å². The summed E-state index contributed by atoms with van der Waals surface area (Å²) >= 11 is 0. The van der Waals surface area contributed by atoms with Crippen LogP contribution >= 0.6 is 0 Å². The number of hydrogen-bond acceptors (Lipinski definition) is 4. The van der Waals surface area contributed by atoms with Crippen LogP contribution in [0.4, 0.5) is 0 Å². The van der Waals surface area contributed by atoms with E-state index in [0.717, 1.165) is 25.1 Å². The molecular weight excluding hydrogens is 252 g/mol. The second kappa shape index (κ2) is 8.82. The number of phenols is 1. The molecule has 0 spiro atoms. The lowest BCUT2D eigenvalue weighted by Crippen LogP contribution is -2.27. The zero-order chi connectivity index (χ0) is 15.0. The van der Waals surface area contributed by atoms with Crippen LogP contribution in [0.15, 0.2) is 18.2 Å². The fourth-order valence-corrected chi connectivity index (χ4v) is 1.97. The molecule has 0 aliphatic carbocycles. The number of para-hydroxylation sites is 1. The number of aromatic hydroxyl groups is 1. The molecule has 0 radical (unpaired) electrons. The number of methoxy groups -OCH3 is 1. The standard InChI is InChI=1S/C16H28N2O2/c1-13(2)18(3)11-6-5-10-17-12-14-8-7-9-15(20-4)16(14)19/h7-9,13,17,19H,5-6,10-12H2,1-4H3. The van der Waals surface area contributed by atoms with Crippen LogP contribution in [0.5, 0.6) is 11.5 Å². The van der Waals surface area contributed by atoms with Gasteiger partial charge in [0, 0.05) is 18.2 Å². The molecule has 0 fully saturated rings. The number of unbranched alkanes of at least 4 members (excludes halogenated alkanes) is 1. The first-order valence-electron chi connectivity index (χ1n) is 7.32. The molecule has 0 aromatic heterocycles. The van der Waals surface area contributed by atoms with Crippen molar-refractivity contribution in [2.75, 3.05) is 27.2 Å². The molecule has 2 N–H and O–H groups in total. The normalized spacial score (nSPS) is 11.3. The lowest BCUT2D eigenvalue weighted by atomic mass is 10.2. The van der Waals surface area contributed by atoms with E-state index in [1.54, 1.807) is 13.2 Å². The van der Waals surface area contributed by atoms with Crippen molar-refractivity contribution in [1.82, 2.24) is 10.2 Å². The Morgan fingerprint density at radius 3 is 2.70 bits per heavy atom. The molecule has 0 atom stereocenters. The maximum absolute atomic E-state index is 9.95. The van der Waals surface area contributed by atoms with Crippen LogP contribution in [0.2, 0.25) is 0 Å². The van der Waals surface area contributed by atoms with Crippen molar-refractivity contribution in [2.24, 2.45) is 0 Å². The summed E-state index contributed by atoms with van der Waals surface area (Å²) in [6, 6.07) is 6.18. The van der Waals surface area contributed by atoms with Gasteiger partial charge in [-0.05, 0) is 52.9 Å². The van der Waals surface area contributed by atoms with Gasteiger partial charge in [0.1, 0.15) is 0 Å². The van der Waals surface area contributed by atoms with Crippen LogP contribution < -0.4 is 10.1 Å². The second-order valence-electron chi connectivity index (χ2n) is 5.43. The van der Waals surface area contributed by atoms with Gasteiger partial charge in [0.25, 0.3) is 0 Å². The first-order chi connectivity index (χ1) is 9.56. The van der Waals surface area contributed by atoms with Crippen LogP contribution in [0.3, 0.4) is 0 Å². The van der Waals surface area contributed by atoms with E-state index in [1.807, 2.05) is 12.1 Å². The number of benzene rings is 1. The summed E-state index contributed by atoms with van der Waals surface area (Å²) in [4.78, 5) is 2.36. The van der Waals surface area contributed by atoms with Crippen molar-refractivity contribution in [3.63, 3.8) is 0 Å². The molecule has 0 saturated carbocycles. The molecule has 1 aromatic carbocycles. The molecule has 0 unspecified atom stereocenters. The Morgan fingerprint density at radius 1 is 1.30 bits per heavy atom. The minimum atomic E-state index is 0.238. The summed E-state index contributed by atoms with van der Waals surface area (Å²) in [5.74, 6) is 0.768. The monoisotopic (exact) mass is 280 g/mol. The zero-order valence-corrected chi connectivity index (χ0v) is 13.1. The van der Waals surface area contributed by atoms with Crippen molar-refractivity contribution in [3.05, 3.63) is 23.8 Å². The predicted molar refractivity (Wildman–Crippen MR) is 83.4 cm³/mol. The van der Waals surface area contributed by atoms with Crippen LogP contribution in [-0.4, -0.2) is 43.3 Å². The Bertz CT molecular complexity index is 394. The average Bonchev–Trinajstić information content (AvgIpc) is 2.43. The predicted octanol–water partition coefficient (Wildman–Crippen LogP) is 2.61. The lowest BCUT2D eigenvalue weighted by molar-refractivity contribution is 0.268. The minimum Gasteiger partial charge on any atom is -0.504 e. The molecule has 0 bridgehead atoms. The van der Waals surface area contributed by atoms with Crippen molar-refractivity contribution in [3.8, 4) is 11.5 Å². The highest BCUT2D eigenvalue weighted by molar-refractivity contribution is 5.45. The molecule has 0 aliphatic heterocycles. The molecule has 1 rings (SSSR count). The van der Waals surface area contributed by atoms with Gasteiger partial charge in [-0.2, -0.15) is 0 Å². The molecule has 114 valence electrons. The Kier molecular flexibility index (Phi) is 7.41. The minimum absolute atomic E-state index is 0.238. The number of ether oxygens (including phenoxy) is 1. The smallest absolute Gasteiger partial charge is 0.162 e. The van der Waals surface area contributed by atoms with Crippen molar-refractivity contribution >= 4 is 0 Å². The van der Waals surface area contributed by atoms with Gasteiger partial charge in [-0.3, -0.25) is 0 Å². The highest BCUT2D eigenvalue weighted by Crippen LogP contribution is 2.28. The quantitative estimate of drug-likeness (QED) is 0.683. The van der Waals surface area contributed by atoms with Crippen molar-refractivity contribution in [2.45, 2.75) is 39.3 Å². The molecule has 0 heterocycles. The summed E-state index contributed by atoms with van der Waals surface area (Å²) in [7, 11) is 3.73. The second-order valence-corrected chi connectivity index (χ2v) is 5.43. The largest absolute Gasteiger partial charge is 0.504 e. The van der Waals surface area contributed by atoms with E-state index in [1.165, 1.54) is 6.42 Å². The van der Waals surface area contributed by atoms with Gasteiger partial charge in [-0.15, -0.1) is 0 Å². The number of rotatable bonds is 9. The number of hydrogen-bond donors (Lipinski definition) is 2. The first kappa shape index (κ1) is 16.8. The summed E-state index contributed by atoms with van der Waals surface area (Å²) in [5.41, 5.74) is 0.878. The Balaban J connectivity index is 2.22. The van der Waals surface area contributed by atoms with Crippen LogP contribution in [0, 0.1) is 0 Å². The summed E-state index contributed by atoms with van der Waals surface area (Å²) in [6.45, 7) is 7.18. The van der Waals surface area contributed by atoms with Crippen LogP contribution in [0.1, 0.15) is 32.3 Å². The van der Waals surface area contributed by atoms with Crippen molar-refractivity contribution in [1.29, 1.82) is 0 Å². The molecule has 4 heteroatoms. The third-order valence-corrected chi connectivity index (χ3v) is 3.61. The first-order valence-corrected chi connectivity index (χ1v) is 7.32. The van der Waals surface area contributed by atoms with E-state index in [2.05, 4.69) is 31.1 Å². The van der Waals surface area contributed by atoms with Crippen LogP contribution in [0.25, 0.3) is 0 Å². The third-order valence-electron chi connectivity index (χ3n) is 3.61. The molecule has 0 saturated heterocycles. The van der Waals surface area contributed by atoms with Gasteiger partial charge in [0.15, 0.2) is 11.5 Å². The van der Waals surface area contributed by atoms with E-state index in [4.69, 9.17) is 4.74 Å². The van der Waals surface area contributed by atoms with Crippen LogP contribution in [-0.2, 0) is 6.54 Å². The lowest BCUT2D eigenvalue weighted by Gasteiger charge is -2.20. The molecule has 0 amide bonds. The van der Waals surface area contributed by atoms with Gasteiger partial charge in [0.2, 0.25) is 0 Å².